The molecule has 21 heavy (non-hydrogen) atoms. The largest absolute Gasteiger partial charge is 0.496 e. The average Bonchev–Trinajstić information content (AvgIpc) is 2.50. The first-order chi connectivity index (χ1) is 10.2. The molecule has 0 fully saturated rings. The number of benzene rings is 2. The predicted octanol–water partition coefficient (Wildman–Crippen LogP) is 2.00. The van der Waals surface area contributed by atoms with Gasteiger partial charge in [-0.2, -0.15) is 0 Å². The quantitative estimate of drug-likeness (QED) is 0.818. The Balaban J connectivity index is 2.36. The summed E-state index contributed by atoms with van der Waals surface area (Å²) in [5.41, 5.74) is 7.15. The molecular formula is C17H25N3O. The van der Waals surface area contributed by atoms with Gasteiger partial charge >= 0.3 is 0 Å². The lowest BCUT2D eigenvalue weighted by molar-refractivity contribution is 0.376. The summed E-state index contributed by atoms with van der Waals surface area (Å²) in [6.45, 7) is 2.41. The molecule has 0 aromatic heterocycles. The van der Waals surface area contributed by atoms with Crippen LogP contribution in [-0.2, 0) is 0 Å². The Morgan fingerprint density at radius 2 is 1.95 bits per heavy atom. The monoisotopic (exact) mass is 287 g/mol. The van der Waals surface area contributed by atoms with Gasteiger partial charge in [-0.25, -0.2) is 0 Å². The SMILES string of the molecule is COc1ccc2ccccc2c1C(CN)NCCN(C)C. The number of nitrogens with zero attached hydrogens (tertiary/aromatic N) is 1. The standard InChI is InChI=1S/C17H25N3O/c1-20(2)11-10-19-15(12-18)17-14-7-5-4-6-13(14)8-9-16(17)21-3/h4-9,15,19H,10-12,18H2,1-3H3. The van der Waals surface area contributed by atoms with Gasteiger partial charge in [0.1, 0.15) is 5.75 Å². The van der Waals surface area contributed by atoms with Crippen LogP contribution in [0.2, 0.25) is 0 Å². The number of methoxy groups -OCH3 is 1. The number of nitrogens with one attached hydrogen (secondary N) is 1. The van der Waals surface area contributed by atoms with Gasteiger partial charge in [0.05, 0.1) is 7.11 Å². The summed E-state index contributed by atoms with van der Waals surface area (Å²) in [6, 6.07) is 12.5. The number of hydrogen-bond donors (Lipinski definition) is 2. The number of hydrogen-bond acceptors (Lipinski definition) is 4. The highest BCUT2D eigenvalue weighted by Crippen LogP contribution is 2.32. The van der Waals surface area contributed by atoms with Crippen LogP contribution in [-0.4, -0.2) is 45.7 Å². The molecule has 2 aromatic rings. The van der Waals surface area contributed by atoms with Crippen molar-refractivity contribution in [3.05, 3.63) is 42.0 Å². The zero-order chi connectivity index (χ0) is 15.2. The molecule has 0 bridgehead atoms. The fourth-order valence-electron chi connectivity index (χ4n) is 2.58. The van der Waals surface area contributed by atoms with E-state index < -0.39 is 0 Å². The molecule has 1 unspecified atom stereocenters. The summed E-state index contributed by atoms with van der Waals surface area (Å²) >= 11 is 0. The van der Waals surface area contributed by atoms with Crippen molar-refractivity contribution in [3.63, 3.8) is 0 Å². The molecule has 0 radical (unpaired) electrons. The Bertz CT molecular complexity index is 583. The Morgan fingerprint density at radius 1 is 1.19 bits per heavy atom. The van der Waals surface area contributed by atoms with Crippen LogP contribution in [0.15, 0.2) is 36.4 Å². The van der Waals surface area contributed by atoms with E-state index in [2.05, 4.69) is 54.6 Å². The van der Waals surface area contributed by atoms with Gasteiger partial charge in [0.15, 0.2) is 0 Å². The van der Waals surface area contributed by atoms with Gasteiger partial charge in [0.2, 0.25) is 0 Å². The third-order valence-electron chi connectivity index (χ3n) is 3.68. The lowest BCUT2D eigenvalue weighted by Gasteiger charge is -2.22. The zero-order valence-electron chi connectivity index (χ0n) is 13.1. The maximum atomic E-state index is 6.00. The van der Waals surface area contributed by atoms with Crippen LogP contribution in [0.25, 0.3) is 10.8 Å². The molecule has 0 aliphatic heterocycles. The number of fused-ring (bicyclic) bond motifs is 1. The number of rotatable bonds is 7. The Morgan fingerprint density at radius 3 is 2.62 bits per heavy atom. The van der Waals surface area contributed by atoms with Crippen molar-refractivity contribution in [2.45, 2.75) is 6.04 Å². The molecule has 114 valence electrons. The number of likely N-dealkylation sites (N-methyl/N-ethyl adjacent to an activating group) is 1. The van der Waals surface area contributed by atoms with E-state index in [9.17, 15) is 0 Å². The Hall–Kier alpha value is -1.62. The molecule has 0 heterocycles. The second-order valence-corrected chi connectivity index (χ2v) is 5.45. The van der Waals surface area contributed by atoms with Crippen LogP contribution >= 0.6 is 0 Å². The number of nitrogens with two attached hydrogens (primary N) is 1. The molecule has 4 nitrogen and oxygen atoms in total. The summed E-state index contributed by atoms with van der Waals surface area (Å²) in [5.74, 6) is 0.890. The van der Waals surface area contributed by atoms with E-state index in [1.807, 2.05) is 6.07 Å². The smallest absolute Gasteiger partial charge is 0.124 e. The second-order valence-electron chi connectivity index (χ2n) is 5.45. The lowest BCUT2D eigenvalue weighted by Crippen LogP contribution is -2.34. The van der Waals surface area contributed by atoms with Crippen molar-refractivity contribution in [3.8, 4) is 5.75 Å². The highest BCUT2D eigenvalue weighted by Gasteiger charge is 2.17. The third kappa shape index (κ3) is 3.73. The van der Waals surface area contributed by atoms with Gasteiger partial charge < -0.3 is 20.7 Å². The van der Waals surface area contributed by atoms with Gasteiger partial charge in [0, 0.05) is 31.2 Å². The van der Waals surface area contributed by atoms with Gasteiger partial charge in [-0.3, -0.25) is 0 Å². The zero-order valence-corrected chi connectivity index (χ0v) is 13.1. The summed E-state index contributed by atoms with van der Waals surface area (Å²) < 4.78 is 5.56. The van der Waals surface area contributed by atoms with Crippen LogP contribution in [0.1, 0.15) is 11.6 Å². The first-order valence-electron chi connectivity index (χ1n) is 7.31. The summed E-state index contributed by atoms with van der Waals surface area (Å²) in [7, 11) is 5.84. The molecule has 0 spiro atoms. The molecule has 0 aliphatic rings. The fraction of sp³-hybridized carbons (Fsp3) is 0.412. The van der Waals surface area contributed by atoms with E-state index in [0.29, 0.717) is 6.54 Å². The predicted molar refractivity (Wildman–Crippen MR) is 88.9 cm³/mol. The van der Waals surface area contributed by atoms with Crippen molar-refractivity contribution < 1.29 is 4.74 Å². The molecule has 1 atom stereocenters. The van der Waals surface area contributed by atoms with E-state index in [-0.39, 0.29) is 6.04 Å². The number of ether oxygens (including phenoxy) is 1. The summed E-state index contributed by atoms with van der Waals surface area (Å²) in [5, 5.41) is 5.95. The molecule has 0 amide bonds. The van der Waals surface area contributed by atoms with Gasteiger partial charge in [-0.15, -0.1) is 0 Å². The van der Waals surface area contributed by atoms with Crippen LogP contribution < -0.4 is 15.8 Å². The molecule has 0 aliphatic carbocycles. The van der Waals surface area contributed by atoms with E-state index >= 15 is 0 Å². The molecule has 4 heteroatoms. The van der Waals surface area contributed by atoms with Crippen molar-refractivity contribution in [1.82, 2.24) is 10.2 Å². The topological polar surface area (TPSA) is 50.5 Å². The maximum Gasteiger partial charge on any atom is 0.124 e. The minimum absolute atomic E-state index is 0.0889. The van der Waals surface area contributed by atoms with Crippen molar-refractivity contribution in [2.75, 3.05) is 40.8 Å². The van der Waals surface area contributed by atoms with E-state index in [1.54, 1.807) is 7.11 Å². The minimum Gasteiger partial charge on any atom is -0.496 e. The lowest BCUT2D eigenvalue weighted by atomic mass is 9.97. The van der Waals surface area contributed by atoms with E-state index in [4.69, 9.17) is 10.5 Å². The average molecular weight is 287 g/mol. The first-order valence-corrected chi connectivity index (χ1v) is 7.31. The van der Waals surface area contributed by atoms with E-state index in [1.165, 1.54) is 10.8 Å². The van der Waals surface area contributed by atoms with Crippen molar-refractivity contribution in [1.29, 1.82) is 0 Å². The Labute approximate surface area is 126 Å². The van der Waals surface area contributed by atoms with Gasteiger partial charge in [-0.1, -0.05) is 30.3 Å². The molecule has 2 aromatic carbocycles. The van der Waals surface area contributed by atoms with Gasteiger partial charge in [-0.05, 0) is 30.9 Å². The summed E-state index contributed by atoms with van der Waals surface area (Å²) in [4.78, 5) is 2.15. The van der Waals surface area contributed by atoms with Crippen molar-refractivity contribution in [2.24, 2.45) is 5.73 Å². The van der Waals surface area contributed by atoms with Crippen LogP contribution in [0.4, 0.5) is 0 Å². The molecule has 3 N–H and O–H groups in total. The fourth-order valence-corrected chi connectivity index (χ4v) is 2.58. The maximum absolute atomic E-state index is 6.00. The van der Waals surface area contributed by atoms with E-state index in [0.717, 1.165) is 24.4 Å². The molecule has 2 rings (SSSR count). The Kier molecular flexibility index (Phi) is 5.56. The normalized spacial score (nSPS) is 12.8. The van der Waals surface area contributed by atoms with Crippen LogP contribution in [0, 0.1) is 0 Å². The van der Waals surface area contributed by atoms with Crippen LogP contribution in [0.3, 0.4) is 0 Å². The first kappa shape index (κ1) is 15.8. The third-order valence-corrected chi connectivity index (χ3v) is 3.68. The molecular weight excluding hydrogens is 262 g/mol. The molecule has 0 saturated heterocycles. The van der Waals surface area contributed by atoms with Crippen molar-refractivity contribution >= 4 is 10.8 Å². The molecule has 0 saturated carbocycles. The highest BCUT2D eigenvalue weighted by atomic mass is 16.5. The highest BCUT2D eigenvalue weighted by molar-refractivity contribution is 5.88. The van der Waals surface area contributed by atoms with Gasteiger partial charge in [0.25, 0.3) is 0 Å². The van der Waals surface area contributed by atoms with Crippen LogP contribution in [0.5, 0.6) is 5.75 Å². The minimum atomic E-state index is 0.0889. The summed E-state index contributed by atoms with van der Waals surface area (Å²) in [6.07, 6.45) is 0. The second kappa shape index (κ2) is 7.41.